The van der Waals surface area contributed by atoms with Crippen molar-refractivity contribution in [3.8, 4) is 0 Å². The summed E-state index contributed by atoms with van der Waals surface area (Å²) in [6.07, 6.45) is -2.29. The lowest BCUT2D eigenvalue weighted by Crippen LogP contribution is -2.42. The first-order valence-electron chi connectivity index (χ1n) is 4.94. The first-order valence-corrected chi connectivity index (χ1v) is 6.50. The van der Waals surface area contributed by atoms with Gasteiger partial charge < -0.3 is 46.6 Å². The van der Waals surface area contributed by atoms with Crippen LogP contribution in [0.5, 0.6) is 0 Å². The van der Waals surface area contributed by atoms with Crippen molar-refractivity contribution < 1.29 is 69.4 Å². The van der Waals surface area contributed by atoms with Gasteiger partial charge in [-0.15, -0.1) is 0 Å². The zero-order chi connectivity index (χ0) is 20.7. The van der Waals surface area contributed by atoms with Gasteiger partial charge in [0, 0.05) is 0 Å². The number of primary amides is 2. The van der Waals surface area contributed by atoms with Gasteiger partial charge in [0.15, 0.2) is 5.60 Å². The Bertz CT molecular complexity index is 430. The first kappa shape index (κ1) is 29.7. The maximum Gasteiger partial charge on any atom is 0.466 e. The van der Waals surface area contributed by atoms with Crippen LogP contribution in [-0.2, 0) is 18.9 Å². The summed E-state index contributed by atoms with van der Waals surface area (Å²) < 4.78 is 8.88. The van der Waals surface area contributed by atoms with Gasteiger partial charge in [-0.3, -0.25) is 20.1 Å². The Hall–Kier alpha value is -2.33. The first-order chi connectivity index (χ1) is 10.5. The Balaban J connectivity index is -0.000000150. The Labute approximate surface area is 132 Å². The van der Waals surface area contributed by atoms with Gasteiger partial charge in [0.05, 0.1) is 12.8 Å². The smallest absolute Gasteiger partial charge is 0.466 e. The third-order valence-electron chi connectivity index (χ3n) is 1.29. The molecule has 0 aromatic carbocycles. The van der Waals surface area contributed by atoms with E-state index in [-0.39, 0.29) is 0 Å². The zero-order valence-electron chi connectivity index (χ0n) is 11.6. The molecule has 0 spiro atoms. The second-order valence-electron chi connectivity index (χ2n) is 3.39. The topological polar surface area (TPSA) is 319 Å². The van der Waals surface area contributed by atoms with Gasteiger partial charge in [0.2, 0.25) is 0 Å². The third-order valence-corrected chi connectivity index (χ3v) is 1.29. The van der Waals surface area contributed by atoms with Crippen molar-refractivity contribution in [2.45, 2.75) is 18.4 Å². The molecule has 0 fully saturated rings. The fraction of sp³-hybridized carbons (Fsp3) is 0.429. The largest absolute Gasteiger partial charge is 0.481 e. The molecule has 0 atom stereocenters. The highest BCUT2D eigenvalue weighted by atomic mass is 31.2. The summed E-state index contributed by atoms with van der Waals surface area (Å²) in [5.41, 5.74) is 5.76. The number of carboxylic acid groups (broad SMARTS) is 3. The van der Waals surface area contributed by atoms with Crippen molar-refractivity contribution in [2.75, 3.05) is 0 Å². The number of hydrogen-bond acceptors (Lipinski definition) is 8. The lowest BCUT2D eigenvalue weighted by molar-refractivity contribution is -0.176. The van der Waals surface area contributed by atoms with Crippen LogP contribution in [0.1, 0.15) is 12.8 Å². The minimum absolute atomic E-state index is 0.833. The van der Waals surface area contributed by atoms with Gasteiger partial charge in [0.1, 0.15) is 0 Å². The molecule has 0 aliphatic carbocycles. The molecule has 13 N–H and O–H groups in total. The minimum atomic E-state index is -4.64. The highest BCUT2D eigenvalue weighted by Gasteiger charge is 2.40. The molecule has 16 nitrogen and oxygen atoms in total. The van der Waals surface area contributed by atoms with Crippen molar-refractivity contribution >= 4 is 31.8 Å². The second-order valence-corrected chi connectivity index (χ2v) is 4.42. The van der Waals surface area contributed by atoms with Crippen LogP contribution >= 0.6 is 7.82 Å². The van der Waals surface area contributed by atoms with E-state index in [9.17, 15) is 14.4 Å². The van der Waals surface area contributed by atoms with Crippen LogP contribution < -0.4 is 11.5 Å². The van der Waals surface area contributed by atoms with Crippen LogP contribution in [0.3, 0.4) is 0 Å². The average molecular weight is 384 g/mol. The van der Waals surface area contributed by atoms with Crippen LogP contribution in [0.2, 0.25) is 0 Å². The van der Waals surface area contributed by atoms with Crippen molar-refractivity contribution in [3.63, 3.8) is 0 Å². The molecule has 0 bridgehead atoms. The summed E-state index contributed by atoms with van der Waals surface area (Å²) >= 11 is 0. The monoisotopic (exact) mass is 384 g/mol. The van der Waals surface area contributed by atoms with Crippen molar-refractivity contribution in [1.82, 2.24) is 0 Å². The average Bonchev–Trinajstić information content (AvgIpc) is 2.25. The van der Waals surface area contributed by atoms with Crippen molar-refractivity contribution in [1.29, 1.82) is 0 Å². The van der Waals surface area contributed by atoms with Gasteiger partial charge in [-0.25, -0.2) is 14.2 Å². The summed E-state index contributed by atoms with van der Waals surface area (Å²) in [7, 11) is -4.64. The van der Waals surface area contributed by atoms with Crippen LogP contribution in [0, 0.1) is 0 Å². The molecule has 0 aliphatic heterocycles. The number of carbonyl (C=O) groups is 4. The summed E-state index contributed by atoms with van der Waals surface area (Å²) in [4.78, 5) is 61.0. The maximum absolute atomic E-state index is 10.3. The number of phosphoric acid groups is 1. The highest BCUT2D eigenvalue weighted by molar-refractivity contribution is 7.45. The molecule has 0 aromatic heterocycles. The van der Waals surface area contributed by atoms with E-state index in [4.69, 9.17) is 55.0 Å². The van der Waals surface area contributed by atoms with Crippen molar-refractivity contribution in [2.24, 2.45) is 11.5 Å². The normalized spacial score (nSPS) is 9.58. The number of aliphatic hydroxyl groups is 1. The fourth-order valence-electron chi connectivity index (χ4n) is 0.714. The van der Waals surface area contributed by atoms with Gasteiger partial charge in [-0.2, -0.15) is 0 Å². The number of rotatable bonds is 5. The number of nitrogens with two attached hydrogens (primary N) is 2. The predicted octanol–water partition coefficient (Wildman–Crippen LogP) is -3.14. The molecular formula is C7H17N2O14P. The molecule has 0 heterocycles. The van der Waals surface area contributed by atoms with E-state index in [1.54, 1.807) is 0 Å². The van der Waals surface area contributed by atoms with Crippen LogP contribution in [0.4, 0.5) is 4.79 Å². The van der Waals surface area contributed by atoms with Gasteiger partial charge in [-0.1, -0.05) is 0 Å². The molecule has 0 saturated heterocycles. The minimum Gasteiger partial charge on any atom is -0.481 e. The molecule has 0 radical (unpaired) electrons. The number of carboxylic acids is 3. The van der Waals surface area contributed by atoms with Gasteiger partial charge >= 0.3 is 31.8 Å². The summed E-state index contributed by atoms with van der Waals surface area (Å²) in [5.74, 6) is -5.02. The zero-order valence-corrected chi connectivity index (χ0v) is 12.5. The SMILES string of the molecule is NC(N)=O.O=C(O)CC(O)(CC(=O)O)C(=O)O.O=P(O)(O)O.OO. The number of hydrogen-bond donors (Lipinski definition) is 11. The molecule has 0 saturated carbocycles. The van der Waals surface area contributed by atoms with Crippen LogP contribution in [0.25, 0.3) is 0 Å². The maximum atomic E-state index is 10.3. The predicted molar refractivity (Wildman–Crippen MR) is 70.4 cm³/mol. The molecular weight excluding hydrogens is 367 g/mol. The van der Waals surface area contributed by atoms with E-state index in [0.29, 0.717) is 0 Å². The van der Waals surface area contributed by atoms with E-state index in [1.165, 1.54) is 0 Å². The molecule has 24 heavy (non-hydrogen) atoms. The van der Waals surface area contributed by atoms with E-state index in [1.807, 2.05) is 0 Å². The number of urea groups is 1. The summed E-state index contributed by atoms with van der Waals surface area (Å²) in [5, 5.41) is 45.8. The number of aliphatic carboxylic acids is 3. The third kappa shape index (κ3) is 36.7. The highest BCUT2D eigenvalue weighted by Crippen LogP contribution is 2.25. The molecule has 0 aliphatic rings. The Kier molecular flexibility index (Phi) is 17.6. The van der Waals surface area contributed by atoms with Crippen LogP contribution in [0.15, 0.2) is 0 Å². The van der Waals surface area contributed by atoms with E-state index >= 15 is 0 Å². The van der Waals surface area contributed by atoms with E-state index in [0.717, 1.165) is 0 Å². The molecule has 0 aromatic rings. The van der Waals surface area contributed by atoms with E-state index < -0.39 is 50.2 Å². The second kappa shape index (κ2) is 14.3. The molecule has 2 amide bonds. The lowest BCUT2D eigenvalue weighted by atomic mass is 9.96. The van der Waals surface area contributed by atoms with Crippen LogP contribution in [-0.4, -0.2) is 75.2 Å². The fourth-order valence-corrected chi connectivity index (χ4v) is 0.714. The summed E-state index contributed by atoms with van der Waals surface area (Å²) in [6.45, 7) is 0. The molecule has 17 heteroatoms. The Morgan fingerprint density at radius 3 is 1.08 bits per heavy atom. The Morgan fingerprint density at radius 2 is 1.00 bits per heavy atom. The quantitative estimate of drug-likeness (QED) is 0.127. The number of carbonyl (C=O) groups excluding carboxylic acids is 1. The Morgan fingerprint density at radius 1 is 0.833 bits per heavy atom. The molecule has 0 unspecified atom stereocenters. The van der Waals surface area contributed by atoms with Gasteiger partial charge in [-0.05, 0) is 0 Å². The van der Waals surface area contributed by atoms with Gasteiger partial charge in [0.25, 0.3) is 0 Å². The molecule has 0 rings (SSSR count). The number of amides is 2. The standard InChI is InChI=1S/C6H8O7.CH4N2O.H3O4P.H2O2/c7-3(8)1-6(13,5(11)12)2-4(9)10;2-1(3)4;1-5(2,3)4;1-2/h13H,1-2H2,(H,7,8)(H,9,10)(H,11,12);(H4,2,3,4);(H3,1,2,3,4);1-2H. The molecule has 144 valence electrons. The summed E-state index contributed by atoms with van der Waals surface area (Å²) in [6, 6.07) is -0.833. The van der Waals surface area contributed by atoms with E-state index in [2.05, 4.69) is 11.5 Å². The lowest BCUT2D eigenvalue weighted by Gasteiger charge is -2.18. The van der Waals surface area contributed by atoms with Crippen molar-refractivity contribution in [3.05, 3.63) is 0 Å².